The molecular weight excluding hydrogens is 471 g/mol. The molecule has 5 aromatic rings. The molecule has 2 N–H and O–H groups in total. The molecule has 0 atom stereocenters. The molecule has 0 aliphatic rings. The number of hydrogen-bond acceptors (Lipinski definition) is 6. The monoisotopic (exact) mass is 489 g/mol. The van der Waals surface area contributed by atoms with Crippen LogP contribution in [0.2, 0.25) is 0 Å². The Kier molecular flexibility index (Phi) is 6.07. The second kappa shape index (κ2) is 9.49. The van der Waals surface area contributed by atoms with Gasteiger partial charge < -0.3 is 15.0 Å². The van der Waals surface area contributed by atoms with Crippen molar-refractivity contribution >= 4 is 51.4 Å². The number of anilines is 2. The number of pyridine rings is 1. The second-order valence-electron chi connectivity index (χ2n) is 7.72. The zero-order valence-electron chi connectivity index (χ0n) is 18.6. The van der Waals surface area contributed by atoms with Crippen LogP contribution in [0, 0.1) is 0 Å². The van der Waals surface area contributed by atoms with Gasteiger partial charge in [0.2, 0.25) is 5.95 Å². The van der Waals surface area contributed by atoms with Gasteiger partial charge in [0.25, 0.3) is 0 Å². The summed E-state index contributed by atoms with van der Waals surface area (Å²) in [6.07, 6.45) is -1.84. The molecule has 0 amide bonds. The van der Waals surface area contributed by atoms with Crippen molar-refractivity contribution in [2.24, 2.45) is 4.99 Å². The summed E-state index contributed by atoms with van der Waals surface area (Å²) in [5, 5.41) is 3.32. The number of rotatable bonds is 6. The fourth-order valence-corrected chi connectivity index (χ4v) is 3.74. The molecule has 180 valence electrons. The van der Waals surface area contributed by atoms with Crippen LogP contribution >= 0.6 is 0 Å². The lowest BCUT2D eigenvalue weighted by Crippen LogP contribution is -2.10. The minimum absolute atomic E-state index is 0.0999. The fraction of sp³-hybridized carbons (Fsp3) is 0.0769. The van der Waals surface area contributed by atoms with Crippen LogP contribution in [-0.2, 0) is 10.9 Å². The van der Waals surface area contributed by atoms with E-state index in [-0.39, 0.29) is 23.1 Å². The number of carbonyl (C=O) groups is 1. The smallest absolute Gasteiger partial charge is 0.418 e. The number of hydrogen-bond donors (Lipinski definition) is 2. The largest absolute Gasteiger partial charge is 0.456 e. The number of halogens is 3. The number of H-pyrrole nitrogens is 1. The number of nitrogens with one attached hydrogen (secondary N) is 2. The van der Waals surface area contributed by atoms with Gasteiger partial charge >= 0.3 is 12.1 Å². The average molecular weight is 489 g/mol. The van der Waals surface area contributed by atoms with Crippen LogP contribution in [0.5, 0.6) is 0 Å². The van der Waals surface area contributed by atoms with Crippen molar-refractivity contribution in [3.05, 3.63) is 90.1 Å². The molecule has 7 nitrogen and oxygen atoms in total. The summed E-state index contributed by atoms with van der Waals surface area (Å²) in [6.45, 7) is -0.0999. The molecule has 10 heteroatoms. The highest BCUT2D eigenvalue weighted by atomic mass is 19.4. The molecule has 0 fully saturated rings. The summed E-state index contributed by atoms with van der Waals surface area (Å²) in [6, 6.07) is 19.4. The zero-order chi connectivity index (χ0) is 25.1. The van der Waals surface area contributed by atoms with E-state index in [1.54, 1.807) is 30.3 Å². The summed E-state index contributed by atoms with van der Waals surface area (Å²) < 4.78 is 45.6. The number of alkyl halides is 3. The van der Waals surface area contributed by atoms with Gasteiger partial charge in [0.15, 0.2) is 0 Å². The highest BCUT2D eigenvalue weighted by molar-refractivity contribution is 6.00. The third-order valence-electron chi connectivity index (χ3n) is 5.37. The fourth-order valence-electron chi connectivity index (χ4n) is 3.74. The van der Waals surface area contributed by atoms with Crippen molar-refractivity contribution in [2.45, 2.75) is 6.18 Å². The number of aromatic nitrogens is 3. The third kappa shape index (κ3) is 4.74. The van der Waals surface area contributed by atoms with Gasteiger partial charge in [-0.2, -0.15) is 13.2 Å². The minimum atomic E-state index is -4.54. The lowest BCUT2D eigenvalue weighted by molar-refractivity contribution is -0.136. The van der Waals surface area contributed by atoms with Crippen LogP contribution in [0.1, 0.15) is 15.9 Å². The van der Waals surface area contributed by atoms with Gasteiger partial charge in [-0.05, 0) is 36.4 Å². The number of fused-ring (bicyclic) bond motifs is 2. The molecule has 2 heterocycles. The Hall–Kier alpha value is -4.73. The number of aliphatic imine (C=N–C) groups is 1. The van der Waals surface area contributed by atoms with Crippen LogP contribution in [-0.4, -0.2) is 33.7 Å². The van der Waals surface area contributed by atoms with Crippen LogP contribution in [0.25, 0.3) is 21.9 Å². The summed E-state index contributed by atoms with van der Waals surface area (Å²) in [5.74, 6) is -0.236. The summed E-state index contributed by atoms with van der Waals surface area (Å²) in [5.41, 5.74) is 1.56. The molecule has 2 aromatic heterocycles. The van der Waals surface area contributed by atoms with Gasteiger partial charge in [-0.1, -0.05) is 36.4 Å². The average Bonchev–Trinajstić information content (AvgIpc) is 3.29. The predicted molar refractivity (Wildman–Crippen MR) is 131 cm³/mol. The first-order valence-electron chi connectivity index (χ1n) is 10.9. The Morgan fingerprint density at radius 3 is 2.64 bits per heavy atom. The number of benzene rings is 3. The van der Waals surface area contributed by atoms with Gasteiger partial charge in [-0.15, -0.1) is 0 Å². The Labute approximate surface area is 202 Å². The van der Waals surface area contributed by atoms with E-state index in [2.05, 4.69) is 25.3 Å². The van der Waals surface area contributed by atoms with Gasteiger partial charge in [0.1, 0.15) is 6.61 Å². The van der Waals surface area contributed by atoms with Crippen LogP contribution in [0.15, 0.2) is 84.0 Å². The van der Waals surface area contributed by atoms with Gasteiger partial charge in [-0.25, -0.2) is 14.8 Å². The van der Waals surface area contributed by atoms with Crippen LogP contribution < -0.4 is 5.32 Å². The molecule has 0 bridgehead atoms. The summed E-state index contributed by atoms with van der Waals surface area (Å²) in [7, 11) is 0. The molecule has 0 radical (unpaired) electrons. The predicted octanol–water partition coefficient (Wildman–Crippen LogP) is 6.43. The Morgan fingerprint density at radius 2 is 1.81 bits per heavy atom. The van der Waals surface area contributed by atoms with Crippen molar-refractivity contribution in [2.75, 3.05) is 11.9 Å². The minimum Gasteiger partial charge on any atom is -0.456 e. The lowest BCUT2D eigenvalue weighted by Gasteiger charge is -2.15. The summed E-state index contributed by atoms with van der Waals surface area (Å²) in [4.78, 5) is 28.2. The van der Waals surface area contributed by atoms with Crippen molar-refractivity contribution in [3.8, 4) is 0 Å². The number of nitrogens with zero attached hydrogens (tertiary/aromatic N) is 3. The maximum Gasteiger partial charge on any atom is 0.418 e. The quantitative estimate of drug-likeness (QED) is 0.212. The van der Waals surface area contributed by atoms with Crippen molar-refractivity contribution < 1.29 is 22.7 Å². The number of imidazole rings is 1. The molecule has 0 aliphatic carbocycles. The SMILES string of the molecule is O=C(OCC=Nc1nc2ccccc2[nH]1)c1ccccc1Nc1ccnc2c(C(F)(F)F)cccc12. The van der Waals surface area contributed by atoms with Crippen LogP contribution in [0.3, 0.4) is 0 Å². The maximum atomic E-state index is 13.4. The van der Waals surface area contributed by atoms with E-state index in [9.17, 15) is 18.0 Å². The van der Waals surface area contributed by atoms with Crippen LogP contribution in [0.4, 0.5) is 30.5 Å². The van der Waals surface area contributed by atoms with Gasteiger partial charge in [0.05, 0.1) is 33.4 Å². The number of aromatic amines is 1. The van der Waals surface area contributed by atoms with E-state index in [4.69, 9.17) is 4.74 Å². The Morgan fingerprint density at radius 1 is 1.00 bits per heavy atom. The first-order valence-corrected chi connectivity index (χ1v) is 10.9. The van der Waals surface area contributed by atoms with Crippen molar-refractivity contribution in [3.63, 3.8) is 0 Å². The van der Waals surface area contributed by atoms with Crippen molar-refractivity contribution in [1.29, 1.82) is 0 Å². The second-order valence-corrected chi connectivity index (χ2v) is 7.72. The van der Waals surface area contributed by atoms with Gasteiger partial charge in [-0.3, -0.25) is 4.98 Å². The lowest BCUT2D eigenvalue weighted by atomic mass is 10.1. The van der Waals surface area contributed by atoms with E-state index < -0.39 is 17.7 Å². The molecule has 0 aliphatic heterocycles. The molecule has 3 aromatic carbocycles. The van der Waals surface area contributed by atoms with Crippen molar-refractivity contribution in [1.82, 2.24) is 15.0 Å². The first kappa shape index (κ1) is 23.0. The molecule has 5 rings (SSSR count). The third-order valence-corrected chi connectivity index (χ3v) is 5.37. The molecule has 36 heavy (non-hydrogen) atoms. The Bertz CT molecular complexity index is 1560. The summed E-state index contributed by atoms with van der Waals surface area (Å²) >= 11 is 0. The zero-order valence-corrected chi connectivity index (χ0v) is 18.6. The molecule has 0 unspecified atom stereocenters. The van der Waals surface area contributed by atoms with E-state index >= 15 is 0 Å². The highest BCUT2D eigenvalue weighted by Gasteiger charge is 2.33. The normalized spacial score (nSPS) is 11.9. The van der Waals surface area contributed by atoms with Gasteiger partial charge in [0, 0.05) is 23.5 Å². The molecule has 0 spiro atoms. The standard InChI is InChI=1S/C26H18F3N5O2/c27-26(28,29)18-8-5-7-16-20(12-13-30-23(16)18)32-19-9-2-1-6-17(19)24(35)36-15-14-31-25-33-21-10-3-4-11-22(21)34-25/h1-14H,15H2,(H,30,32)(H,33,34). The van der Waals surface area contributed by atoms with E-state index in [1.807, 2.05) is 24.3 Å². The highest BCUT2D eigenvalue weighted by Crippen LogP contribution is 2.36. The first-order chi connectivity index (χ1) is 17.4. The molecule has 0 saturated carbocycles. The van der Waals surface area contributed by atoms with E-state index in [1.165, 1.54) is 24.5 Å². The van der Waals surface area contributed by atoms with E-state index in [0.29, 0.717) is 17.3 Å². The maximum absolute atomic E-state index is 13.4. The topological polar surface area (TPSA) is 92.3 Å². The number of esters is 1. The number of ether oxygens (including phenoxy) is 1. The Balaban J connectivity index is 1.33. The number of carbonyl (C=O) groups excluding carboxylic acids is 1. The van der Waals surface area contributed by atoms with E-state index in [0.717, 1.165) is 17.1 Å². The number of para-hydroxylation sites is 4. The molecular formula is C26H18F3N5O2. The molecule has 0 saturated heterocycles.